The van der Waals surface area contributed by atoms with Crippen LogP contribution in [0.1, 0.15) is 41.6 Å². The molecule has 1 atom stereocenters. The largest absolute Gasteiger partial charge is 0.450 e. The molecule has 0 bridgehead atoms. The van der Waals surface area contributed by atoms with Gasteiger partial charge in [-0.05, 0) is 29.7 Å². The van der Waals surface area contributed by atoms with E-state index in [2.05, 4.69) is 0 Å². The maximum atomic E-state index is 12.2. The van der Waals surface area contributed by atoms with E-state index in [0.29, 0.717) is 18.4 Å². The van der Waals surface area contributed by atoms with E-state index in [1.165, 1.54) is 0 Å². The van der Waals surface area contributed by atoms with Crippen LogP contribution < -0.4 is 0 Å². The fraction of sp³-hybridized carbons (Fsp3) is 0.294. The maximum Gasteiger partial charge on any atom is 0.339 e. The van der Waals surface area contributed by atoms with E-state index < -0.39 is 5.60 Å². The lowest BCUT2D eigenvalue weighted by Gasteiger charge is -2.32. The quantitative estimate of drug-likeness (QED) is 0.687. The normalized spacial score (nSPS) is 25.0. The molecular formula is C17H14O3. The van der Waals surface area contributed by atoms with Crippen molar-refractivity contribution < 1.29 is 14.3 Å². The second kappa shape index (κ2) is 3.92. The Labute approximate surface area is 116 Å². The minimum absolute atomic E-state index is 0.185. The van der Waals surface area contributed by atoms with Crippen molar-refractivity contribution in [1.29, 1.82) is 0 Å². The van der Waals surface area contributed by atoms with Crippen LogP contribution in [0.3, 0.4) is 0 Å². The summed E-state index contributed by atoms with van der Waals surface area (Å²) in [6.45, 7) is 0. The smallest absolute Gasteiger partial charge is 0.339 e. The number of ether oxygens (including phenoxy) is 1. The summed E-state index contributed by atoms with van der Waals surface area (Å²) < 4.78 is 5.68. The van der Waals surface area contributed by atoms with E-state index in [1.54, 1.807) is 0 Å². The van der Waals surface area contributed by atoms with Crippen LogP contribution >= 0.6 is 0 Å². The summed E-state index contributed by atoms with van der Waals surface area (Å²) in [6, 6.07) is 11.7. The molecule has 1 fully saturated rings. The molecule has 1 saturated carbocycles. The molecule has 0 amide bonds. The van der Waals surface area contributed by atoms with Crippen molar-refractivity contribution in [2.24, 2.45) is 0 Å². The molecule has 20 heavy (non-hydrogen) atoms. The van der Waals surface area contributed by atoms with Crippen LogP contribution in [0.5, 0.6) is 0 Å². The predicted molar refractivity (Wildman–Crippen MR) is 74.5 cm³/mol. The van der Waals surface area contributed by atoms with E-state index in [-0.39, 0.29) is 11.8 Å². The van der Waals surface area contributed by atoms with Gasteiger partial charge in [0.05, 0.1) is 12.0 Å². The first kappa shape index (κ1) is 11.6. The van der Waals surface area contributed by atoms with Crippen LogP contribution in [0.25, 0.3) is 10.8 Å². The number of carbonyl (C=O) groups is 2. The average molecular weight is 266 g/mol. The van der Waals surface area contributed by atoms with E-state index in [0.717, 1.165) is 29.2 Å². The van der Waals surface area contributed by atoms with Crippen LogP contribution in [-0.2, 0) is 15.1 Å². The second-order valence-electron chi connectivity index (χ2n) is 5.66. The van der Waals surface area contributed by atoms with E-state index in [9.17, 15) is 9.59 Å². The van der Waals surface area contributed by atoms with Crippen molar-refractivity contribution in [2.45, 2.75) is 31.3 Å². The third kappa shape index (κ3) is 1.46. The Morgan fingerprint density at radius 3 is 2.75 bits per heavy atom. The second-order valence-corrected chi connectivity index (χ2v) is 5.66. The number of hydrogen-bond donors (Lipinski definition) is 0. The third-order valence-corrected chi connectivity index (χ3v) is 4.41. The first-order valence-electron chi connectivity index (χ1n) is 6.97. The average Bonchev–Trinajstić information content (AvgIpc) is 2.71. The Bertz CT molecular complexity index is 743. The number of Topliss-reactive ketones (excluding diaryl/α,β-unsaturated/α-hetero) is 1. The predicted octanol–water partition coefficient (Wildman–Crippen LogP) is 3.35. The highest BCUT2D eigenvalue weighted by molar-refractivity contribution is 6.03. The molecule has 4 rings (SSSR count). The number of benzene rings is 2. The van der Waals surface area contributed by atoms with Gasteiger partial charge in [-0.1, -0.05) is 30.3 Å². The van der Waals surface area contributed by atoms with E-state index >= 15 is 0 Å². The maximum absolute atomic E-state index is 12.2. The molecule has 0 radical (unpaired) electrons. The molecule has 0 saturated heterocycles. The van der Waals surface area contributed by atoms with Gasteiger partial charge in [-0.25, -0.2) is 4.79 Å². The zero-order chi connectivity index (χ0) is 13.7. The topological polar surface area (TPSA) is 43.4 Å². The van der Waals surface area contributed by atoms with E-state index in [1.807, 2.05) is 36.4 Å². The van der Waals surface area contributed by atoms with Crippen molar-refractivity contribution in [3.63, 3.8) is 0 Å². The fourth-order valence-corrected chi connectivity index (χ4v) is 3.58. The lowest BCUT2D eigenvalue weighted by molar-refractivity contribution is -0.128. The number of ketones is 1. The van der Waals surface area contributed by atoms with Gasteiger partial charge in [-0.2, -0.15) is 0 Å². The number of rotatable bonds is 0. The van der Waals surface area contributed by atoms with Gasteiger partial charge in [0.15, 0.2) is 0 Å². The standard InChI is InChI=1S/C17H14O3/c18-12-5-3-9-17(10-12)15-13-6-2-1-4-11(13)7-8-14(15)16(19)20-17/h1-2,4,6-8H,3,5,9-10H2. The van der Waals surface area contributed by atoms with Gasteiger partial charge in [0, 0.05) is 12.0 Å². The molecule has 1 heterocycles. The molecular weight excluding hydrogens is 252 g/mol. The van der Waals surface area contributed by atoms with Gasteiger partial charge in [0.1, 0.15) is 11.4 Å². The van der Waals surface area contributed by atoms with Gasteiger partial charge < -0.3 is 4.74 Å². The first-order valence-corrected chi connectivity index (χ1v) is 6.97. The number of fused-ring (bicyclic) bond motifs is 4. The van der Waals surface area contributed by atoms with E-state index in [4.69, 9.17) is 4.74 Å². The molecule has 2 aliphatic rings. The Morgan fingerprint density at radius 1 is 1.05 bits per heavy atom. The van der Waals surface area contributed by atoms with Crippen molar-refractivity contribution in [3.8, 4) is 0 Å². The van der Waals surface area contributed by atoms with Crippen LogP contribution in [0, 0.1) is 0 Å². The molecule has 1 aliphatic heterocycles. The molecule has 3 heteroatoms. The fourth-order valence-electron chi connectivity index (χ4n) is 3.58. The van der Waals surface area contributed by atoms with Gasteiger partial charge >= 0.3 is 5.97 Å². The summed E-state index contributed by atoms with van der Waals surface area (Å²) in [6.07, 6.45) is 2.44. The highest BCUT2D eigenvalue weighted by Crippen LogP contribution is 2.48. The zero-order valence-corrected chi connectivity index (χ0v) is 11.0. The van der Waals surface area contributed by atoms with Crippen molar-refractivity contribution in [2.75, 3.05) is 0 Å². The van der Waals surface area contributed by atoms with Gasteiger partial charge in [-0.3, -0.25) is 4.79 Å². The minimum Gasteiger partial charge on any atom is -0.450 e. The summed E-state index contributed by atoms with van der Waals surface area (Å²) in [4.78, 5) is 24.0. The Balaban J connectivity index is 2.03. The first-order chi connectivity index (χ1) is 9.70. The zero-order valence-electron chi connectivity index (χ0n) is 11.0. The number of esters is 1. The molecule has 1 aliphatic carbocycles. The van der Waals surface area contributed by atoms with Crippen molar-refractivity contribution >= 4 is 22.5 Å². The number of carbonyl (C=O) groups excluding carboxylic acids is 2. The van der Waals surface area contributed by atoms with Crippen molar-refractivity contribution in [3.05, 3.63) is 47.5 Å². The number of hydrogen-bond acceptors (Lipinski definition) is 3. The lowest BCUT2D eigenvalue weighted by atomic mass is 9.77. The highest BCUT2D eigenvalue weighted by atomic mass is 16.6. The molecule has 3 nitrogen and oxygen atoms in total. The highest BCUT2D eigenvalue weighted by Gasteiger charge is 2.49. The van der Waals surface area contributed by atoms with Crippen molar-refractivity contribution in [1.82, 2.24) is 0 Å². The van der Waals surface area contributed by atoms with Gasteiger partial charge in [0.25, 0.3) is 0 Å². The van der Waals surface area contributed by atoms with Gasteiger partial charge in [-0.15, -0.1) is 0 Å². The Kier molecular flexibility index (Phi) is 2.28. The summed E-state index contributed by atoms with van der Waals surface area (Å²) in [5, 5.41) is 2.12. The summed E-state index contributed by atoms with van der Waals surface area (Å²) in [5.41, 5.74) is 0.829. The van der Waals surface area contributed by atoms with Crippen LogP contribution in [-0.4, -0.2) is 11.8 Å². The molecule has 0 aromatic heterocycles. The summed E-state index contributed by atoms with van der Waals surface area (Å²) in [7, 11) is 0. The molecule has 100 valence electrons. The third-order valence-electron chi connectivity index (χ3n) is 4.41. The van der Waals surface area contributed by atoms with Crippen LogP contribution in [0.2, 0.25) is 0 Å². The summed E-state index contributed by atoms with van der Waals surface area (Å²) >= 11 is 0. The van der Waals surface area contributed by atoms with Gasteiger partial charge in [0.2, 0.25) is 0 Å². The van der Waals surface area contributed by atoms with Crippen LogP contribution in [0.15, 0.2) is 36.4 Å². The lowest BCUT2D eigenvalue weighted by Crippen LogP contribution is -2.33. The molecule has 1 unspecified atom stereocenters. The molecule has 2 aromatic rings. The molecule has 1 spiro atoms. The SMILES string of the molecule is O=C1CCCC2(C1)OC(=O)c1ccc3ccccc3c12. The molecule has 0 N–H and O–H groups in total. The van der Waals surface area contributed by atoms with Crippen LogP contribution in [0.4, 0.5) is 0 Å². The minimum atomic E-state index is -0.720. The Morgan fingerprint density at radius 2 is 1.90 bits per heavy atom. The Hall–Kier alpha value is -2.16. The monoisotopic (exact) mass is 266 g/mol. The summed E-state index contributed by atoms with van der Waals surface area (Å²) in [5.74, 6) is -0.106. The molecule has 2 aromatic carbocycles.